The fourth-order valence-electron chi connectivity index (χ4n) is 1.91. The molecule has 2 aromatic heterocycles. The van der Waals surface area contributed by atoms with E-state index in [0.717, 1.165) is 5.56 Å². The summed E-state index contributed by atoms with van der Waals surface area (Å²) in [6.07, 6.45) is 3.43. The van der Waals surface area contributed by atoms with Crippen LogP contribution in [0.3, 0.4) is 0 Å². The standard InChI is InChI=1S/C14H18N4O3/c1-11-7-14(21-17-11)16-13(20)10-18(5-6-19)9-12-3-2-4-15-8-12/h2-4,7-8,19H,5-6,9-10H2,1H3,(H,16,20). The average molecular weight is 290 g/mol. The lowest BCUT2D eigenvalue weighted by Gasteiger charge is -2.20. The molecule has 0 fully saturated rings. The highest BCUT2D eigenvalue weighted by Gasteiger charge is 2.13. The molecule has 21 heavy (non-hydrogen) atoms. The number of amides is 1. The summed E-state index contributed by atoms with van der Waals surface area (Å²) in [5.41, 5.74) is 1.68. The van der Waals surface area contributed by atoms with Gasteiger partial charge in [0.2, 0.25) is 11.8 Å². The molecule has 7 nitrogen and oxygen atoms in total. The summed E-state index contributed by atoms with van der Waals surface area (Å²) in [5, 5.41) is 15.4. The van der Waals surface area contributed by atoms with Gasteiger partial charge in [0.1, 0.15) is 0 Å². The van der Waals surface area contributed by atoms with Crippen LogP contribution in [0.15, 0.2) is 35.1 Å². The van der Waals surface area contributed by atoms with E-state index in [-0.39, 0.29) is 19.1 Å². The van der Waals surface area contributed by atoms with Crippen LogP contribution in [-0.4, -0.2) is 45.8 Å². The molecule has 0 aliphatic heterocycles. The maximum Gasteiger partial charge on any atom is 0.240 e. The third-order valence-electron chi connectivity index (χ3n) is 2.80. The molecular weight excluding hydrogens is 272 g/mol. The van der Waals surface area contributed by atoms with Gasteiger partial charge in [-0.1, -0.05) is 11.2 Å². The highest BCUT2D eigenvalue weighted by atomic mass is 16.5. The molecule has 0 saturated carbocycles. The fourth-order valence-corrected chi connectivity index (χ4v) is 1.91. The van der Waals surface area contributed by atoms with Crippen molar-refractivity contribution in [2.45, 2.75) is 13.5 Å². The summed E-state index contributed by atoms with van der Waals surface area (Å²) in [5.74, 6) is 0.103. The van der Waals surface area contributed by atoms with Gasteiger partial charge < -0.3 is 9.63 Å². The molecule has 0 saturated heterocycles. The summed E-state index contributed by atoms with van der Waals surface area (Å²) in [7, 11) is 0. The highest BCUT2D eigenvalue weighted by Crippen LogP contribution is 2.09. The van der Waals surface area contributed by atoms with Crippen molar-refractivity contribution < 1.29 is 14.4 Å². The van der Waals surface area contributed by atoms with Crippen LogP contribution in [0.1, 0.15) is 11.3 Å². The summed E-state index contributed by atoms with van der Waals surface area (Å²) >= 11 is 0. The van der Waals surface area contributed by atoms with Crippen molar-refractivity contribution in [3.63, 3.8) is 0 Å². The zero-order valence-corrected chi connectivity index (χ0v) is 11.8. The van der Waals surface area contributed by atoms with E-state index < -0.39 is 0 Å². The molecular formula is C14H18N4O3. The first-order valence-corrected chi connectivity index (χ1v) is 6.62. The zero-order valence-electron chi connectivity index (χ0n) is 11.8. The smallest absolute Gasteiger partial charge is 0.240 e. The molecule has 0 aromatic carbocycles. The molecule has 0 atom stereocenters. The lowest BCUT2D eigenvalue weighted by atomic mass is 10.2. The molecule has 2 heterocycles. The quantitative estimate of drug-likeness (QED) is 0.784. The Hall–Kier alpha value is -2.25. The molecule has 1 amide bonds. The Labute approximate surface area is 122 Å². The number of pyridine rings is 1. The second-order valence-electron chi connectivity index (χ2n) is 4.68. The maximum absolute atomic E-state index is 12.0. The number of aliphatic hydroxyl groups excluding tert-OH is 1. The molecule has 2 rings (SSSR count). The lowest BCUT2D eigenvalue weighted by Crippen LogP contribution is -2.34. The topological polar surface area (TPSA) is 91.5 Å². The summed E-state index contributed by atoms with van der Waals surface area (Å²) < 4.78 is 4.93. The van der Waals surface area contributed by atoms with Gasteiger partial charge in [0.15, 0.2) is 0 Å². The fraction of sp³-hybridized carbons (Fsp3) is 0.357. The van der Waals surface area contributed by atoms with Crippen LogP contribution >= 0.6 is 0 Å². The number of rotatable bonds is 7. The Morgan fingerprint density at radius 3 is 3.00 bits per heavy atom. The van der Waals surface area contributed by atoms with E-state index in [9.17, 15) is 4.79 Å². The molecule has 7 heteroatoms. The van der Waals surface area contributed by atoms with Crippen molar-refractivity contribution in [3.05, 3.63) is 41.9 Å². The largest absolute Gasteiger partial charge is 0.395 e. The predicted octanol–water partition coefficient (Wildman–Crippen LogP) is 0.811. The zero-order chi connectivity index (χ0) is 15.1. The second kappa shape index (κ2) is 7.51. The molecule has 0 bridgehead atoms. The number of hydrogen-bond donors (Lipinski definition) is 2. The predicted molar refractivity (Wildman–Crippen MR) is 76.5 cm³/mol. The molecule has 0 aliphatic carbocycles. The van der Waals surface area contributed by atoms with Crippen LogP contribution in [0.2, 0.25) is 0 Å². The summed E-state index contributed by atoms with van der Waals surface area (Å²) in [6.45, 7) is 2.85. The molecule has 2 aromatic rings. The number of aliphatic hydroxyl groups is 1. The van der Waals surface area contributed by atoms with Gasteiger partial charge in [-0.15, -0.1) is 0 Å². The van der Waals surface area contributed by atoms with E-state index >= 15 is 0 Å². The number of aryl methyl sites for hydroxylation is 1. The number of nitrogens with one attached hydrogen (secondary N) is 1. The first kappa shape index (κ1) is 15.1. The Morgan fingerprint density at radius 1 is 1.52 bits per heavy atom. The van der Waals surface area contributed by atoms with Crippen LogP contribution in [-0.2, 0) is 11.3 Å². The van der Waals surface area contributed by atoms with Crippen LogP contribution in [0.5, 0.6) is 0 Å². The first-order valence-electron chi connectivity index (χ1n) is 6.62. The van der Waals surface area contributed by atoms with Gasteiger partial charge in [0.25, 0.3) is 0 Å². The van der Waals surface area contributed by atoms with E-state index in [1.54, 1.807) is 25.4 Å². The minimum absolute atomic E-state index is 0.0189. The Morgan fingerprint density at radius 2 is 2.38 bits per heavy atom. The van der Waals surface area contributed by atoms with E-state index in [4.69, 9.17) is 9.63 Å². The van der Waals surface area contributed by atoms with E-state index in [2.05, 4.69) is 15.5 Å². The van der Waals surface area contributed by atoms with Gasteiger partial charge in [-0.2, -0.15) is 0 Å². The number of carbonyl (C=O) groups excluding carboxylic acids is 1. The minimum Gasteiger partial charge on any atom is -0.395 e. The van der Waals surface area contributed by atoms with Gasteiger partial charge >= 0.3 is 0 Å². The van der Waals surface area contributed by atoms with Crippen molar-refractivity contribution in [2.24, 2.45) is 0 Å². The molecule has 0 spiro atoms. The molecule has 0 radical (unpaired) electrons. The van der Waals surface area contributed by atoms with Crippen LogP contribution in [0.25, 0.3) is 0 Å². The maximum atomic E-state index is 12.0. The SMILES string of the molecule is Cc1cc(NC(=O)CN(CCO)Cc2cccnc2)on1. The summed E-state index contributed by atoms with van der Waals surface area (Å²) in [4.78, 5) is 17.8. The van der Waals surface area contributed by atoms with Crippen LogP contribution < -0.4 is 5.32 Å². The van der Waals surface area contributed by atoms with Gasteiger partial charge in [-0.3, -0.25) is 20.0 Å². The third-order valence-corrected chi connectivity index (χ3v) is 2.80. The molecule has 2 N–H and O–H groups in total. The number of aromatic nitrogens is 2. The second-order valence-corrected chi connectivity index (χ2v) is 4.68. The highest BCUT2D eigenvalue weighted by molar-refractivity contribution is 5.90. The Kier molecular flexibility index (Phi) is 5.42. The van der Waals surface area contributed by atoms with Crippen LogP contribution in [0, 0.1) is 6.92 Å². The molecule has 112 valence electrons. The van der Waals surface area contributed by atoms with Crippen molar-refractivity contribution in [2.75, 3.05) is 25.0 Å². The Balaban J connectivity index is 1.91. The number of anilines is 1. The van der Waals surface area contributed by atoms with Gasteiger partial charge in [-0.05, 0) is 18.6 Å². The van der Waals surface area contributed by atoms with Crippen molar-refractivity contribution in [3.8, 4) is 0 Å². The first-order chi connectivity index (χ1) is 10.2. The van der Waals surface area contributed by atoms with Crippen LogP contribution in [0.4, 0.5) is 5.88 Å². The third kappa shape index (κ3) is 4.97. The lowest BCUT2D eigenvalue weighted by molar-refractivity contribution is -0.117. The number of carbonyl (C=O) groups is 1. The average Bonchev–Trinajstić information content (AvgIpc) is 2.85. The van der Waals surface area contributed by atoms with Crippen molar-refractivity contribution >= 4 is 11.8 Å². The van der Waals surface area contributed by atoms with Crippen molar-refractivity contribution in [1.29, 1.82) is 0 Å². The number of hydrogen-bond acceptors (Lipinski definition) is 6. The summed E-state index contributed by atoms with van der Waals surface area (Å²) in [6, 6.07) is 5.41. The molecule has 0 aliphatic rings. The van der Waals surface area contributed by atoms with Gasteiger partial charge in [0.05, 0.1) is 18.8 Å². The van der Waals surface area contributed by atoms with E-state index in [0.29, 0.717) is 24.7 Å². The van der Waals surface area contributed by atoms with Gasteiger partial charge in [-0.25, -0.2) is 0 Å². The molecule has 0 unspecified atom stereocenters. The van der Waals surface area contributed by atoms with Gasteiger partial charge in [0, 0.05) is 31.5 Å². The van der Waals surface area contributed by atoms with E-state index in [1.165, 1.54) is 0 Å². The minimum atomic E-state index is -0.219. The van der Waals surface area contributed by atoms with Crippen molar-refractivity contribution in [1.82, 2.24) is 15.0 Å². The van der Waals surface area contributed by atoms with E-state index in [1.807, 2.05) is 17.0 Å². The number of nitrogens with zero attached hydrogens (tertiary/aromatic N) is 3. The monoisotopic (exact) mass is 290 g/mol. The normalized spacial score (nSPS) is 10.8. The Bertz CT molecular complexity index is 571.